The fourth-order valence-corrected chi connectivity index (χ4v) is 3.95. The summed E-state index contributed by atoms with van der Waals surface area (Å²) in [5, 5.41) is 14.8. The van der Waals surface area contributed by atoms with Gasteiger partial charge in [-0.05, 0) is 36.2 Å². The minimum absolute atomic E-state index is 0.0819. The average Bonchev–Trinajstić information content (AvgIpc) is 3.16. The van der Waals surface area contributed by atoms with Crippen molar-refractivity contribution in [2.24, 2.45) is 0 Å². The Morgan fingerprint density at radius 1 is 1.18 bits per heavy atom. The molecule has 0 unspecified atom stereocenters. The molecule has 0 spiro atoms. The zero-order valence-corrected chi connectivity index (χ0v) is 16.8. The second kappa shape index (κ2) is 10.0. The van der Waals surface area contributed by atoms with Crippen LogP contribution in [-0.2, 0) is 11.2 Å². The van der Waals surface area contributed by atoms with E-state index in [-0.39, 0.29) is 17.5 Å². The van der Waals surface area contributed by atoms with Crippen LogP contribution in [0.15, 0.2) is 52.9 Å². The normalized spacial score (nSPS) is 10.5. The van der Waals surface area contributed by atoms with Gasteiger partial charge in [-0.25, -0.2) is 4.39 Å². The van der Waals surface area contributed by atoms with Gasteiger partial charge >= 0.3 is 0 Å². The number of anilines is 2. The third kappa shape index (κ3) is 5.93. The molecule has 0 aliphatic heterocycles. The Kier molecular flexibility index (Phi) is 7.21. The first-order chi connectivity index (χ1) is 13.6. The molecular formula is C19H19FN4O2S2. The maximum atomic E-state index is 12.9. The van der Waals surface area contributed by atoms with Crippen molar-refractivity contribution in [3.05, 3.63) is 59.9 Å². The fraction of sp³-hybridized carbons (Fsp3) is 0.211. The maximum absolute atomic E-state index is 12.9. The first-order valence-corrected chi connectivity index (χ1v) is 10.3. The Morgan fingerprint density at radius 3 is 2.75 bits per heavy atom. The lowest BCUT2D eigenvalue weighted by Crippen LogP contribution is -2.27. The highest BCUT2D eigenvalue weighted by molar-refractivity contribution is 8.01. The summed E-state index contributed by atoms with van der Waals surface area (Å²) in [4.78, 5) is 12.0. The summed E-state index contributed by atoms with van der Waals surface area (Å²) in [6.07, 6.45) is 0.655. The number of rotatable bonds is 9. The molecular weight excluding hydrogens is 399 g/mol. The molecule has 0 saturated carbocycles. The summed E-state index contributed by atoms with van der Waals surface area (Å²) in [5.74, 6) is 0.627. The molecule has 28 heavy (non-hydrogen) atoms. The number of halogens is 1. The molecule has 0 radical (unpaired) electrons. The molecule has 1 amide bonds. The summed E-state index contributed by atoms with van der Waals surface area (Å²) >= 11 is 2.70. The van der Waals surface area contributed by atoms with Gasteiger partial charge in [-0.2, -0.15) is 0 Å². The van der Waals surface area contributed by atoms with Crippen LogP contribution in [0.5, 0.6) is 5.75 Å². The topological polar surface area (TPSA) is 76.1 Å². The van der Waals surface area contributed by atoms with Gasteiger partial charge in [0.15, 0.2) is 4.34 Å². The van der Waals surface area contributed by atoms with Crippen LogP contribution >= 0.6 is 23.1 Å². The van der Waals surface area contributed by atoms with Crippen molar-refractivity contribution >= 4 is 39.8 Å². The van der Waals surface area contributed by atoms with Crippen LogP contribution in [0.25, 0.3) is 0 Å². The van der Waals surface area contributed by atoms with E-state index in [1.165, 1.54) is 35.2 Å². The monoisotopic (exact) mass is 418 g/mol. The van der Waals surface area contributed by atoms with E-state index in [1.54, 1.807) is 19.2 Å². The fourth-order valence-electron chi connectivity index (χ4n) is 2.36. The Labute approximate surface area is 170 Å². The number of nitrogens with zero attached hydrogens (tertiary/aromatic N) is 2. The van der Waals surface area contributed by atoms with Crippen LogP contribution in [0.3, 0.4) is 0 Å². The number of aromatic nitrogens is 2. The average molecular weight is 419 g/mol. The summed E-state index contributed by atoms with van der Waals surface area (Å²) < 4.78 is 18.9. The van der Waals surface area contributed by atoms with E-state index in [9.17, 15) is 9.18 Å². The number of thioether (sulfide) groups is 1. The van der Waals surface area contributed by atoms with Crippen LogP contribution in [-0.4, -0.2) is 35.5 Å². The minimum atomic E-state index is -0.263. The predicted octanol–water partition coefficient (Wildman–Crippen LogP) is 3.88. The third-order valence-corrected chi connectivity index (χ3v) is 5.70. The quantitative estimate of drug-likeness (QED) is 0.514. The predicted molar refractivity (Wildman–Crippen MR) is 110 cm³/mol. The lowest BCUT2D eigenvalue weighted by molar-refractivity contribution is -0.118. The molecule has 0 bridgehead atoms. The minimum Gasteiger partial charge on any atom is -0.495 e. The van der Waals surface area contributed by atoms with E-state index in [2.05, 4.69) is 20.8 Å². The largest absolute Gasteiger partial charge is 0.495 e. The number of benzene rings is 2. The number of carbonyl (C=O) groups is 1. The molecule has 1 heterocycles. The summed E-state index contributed by atoms with van der Waals surface area (Å²) in [7, 11) is 1.61. The Hall–Kier alpha value is -2.65. The molecule has 146 valence electrons. The molecule has 3 aromatic rings. The number of hydrogen-bond acceptors (Lipinski definition) is 7. The van der Waals surface area contributed by atoms with E-state index in [4.69, 9.17) is 4.74 Å². The van der Waals surface area contributed by atoms with Crippen molar-refractivity contribution < 1.29 is 13.9 Å². The number of amides is 1. The van der Waals surface area contributed by atoms with Crippen molar-refractivity contribution in [2.45, 2.75) is 10.8 Å². The third-order valence-electron chi connectivity index (χ3n) is 3.73. The molecule has 0 aliphatic rings. The van der Waals surface area contributed by atoms with Gasteiger partial charge in [-0.1, -0.05) is 47.4 Å². The van der Waals surface area contributed by atoms with Gasteiger partial charge < -0.3 is 15.4 Å². The molecule has 2 aromatic carbocycles. The summed E-state index contributed by atoms with van der Waals surface area (Å²) in [5.41, 5.74) is 1.78. The number of ether oxygens (including phenoxy) is 1. The molecule has 0 fully saturated rings. The van der Waals surface area contributed by atoms with Crippen molar-refractivity contribution in [3.63, 3.8) is 0 Å². The van der Waals surface area contributed by atoms with Crippen LogP contribution in [0.2, 0.25) is 0 Å². The molecule has 0 aliphatic carbocycles. The number of nitrogens with one attached hydrogen (secondary N) is 2. The van der Waals surface area contributed by atoms with E-state index in [0.29, 0.717) is 28.2 Å². The van der Waals surface area contributed by atoms with E-state index in [0.717, 1.165) is 11.3 Å². The van der Waals surface area contributed by atoms with Crippen LogP contribution < -0.4 is 15.4 Å². The summed E-state index contributed by atoms with van der Waals surface area (Å²) in [6.45, 7) is 0.502. The number of carbonyl (C=O) groups excluding carboxylic acids is 1. The highest BCUT2D eigenvalue weighted by Gasteiger charge is 2.10. The van der Waals surface area contributed by atoms with E-state index >= 15 is 0 Å². The number of methoxy groups -OCH3 is 1. The summed E-state index contributed by atoms with van der Waals surface area (Å²) in [6, 6.07) is 13.8. The van der Waals surface area contributed by atoms with Crippen molar-refractivity contribution in [1.82, 2.24) is 15.5 Å². The molecule has 6 nitrogen and oxygen atoms in total. The smallest absolute Gasteiger partial charge is 0.230 e. The molecule has 3 rings (SSSR count). The molecule has 1 aromatic heterocycles. The van der Waals surface area contributed by atoms with Gasteiger partial charge in [-0.3, -0.25) is 4.79 Å². The van der Waals surface area contributed by atoms with E-state index < -0.39 is 0 Å². The van der Waals surface area contributed by atoms with Gasteiger partial charge in [-0.15, -0.1) is 10.2 Å². The number of hydrogen-bond donors (Lipinski definition) is 2. The van der Waals surface area contributed by atoms with Crippen molar-refractivity contribution in [3.8, 4) is 5.75 Å². The van der Waals surface area contributed by atoms with Gasteiger partial charge in [0.2, 0.25) is 11.0 Å². The molecule has 0 saturated heterocycles. The lowest BCUT2D eigenvalue weighted by atomic mass is 10.1. The second-order valence-corrected chi connectivity index (χ2v) is 7.91. The lowest BCUT2D eigenvalue weighted by Gasteiger charge is -2.07. The molecule has 0 atom stereocenters. The molecule has 2 N–H and O–H groups in total. The van der Waals surface area contributed by atoms with Crippen LogP contribution in [0.1, 0.15) is 5.56 Å². The van der Waals surface area contributed by atoms with E-state index in [1.807, 2.05) is 24.3 Å². The highest BCUT2D eigenvalue weighted by Crippen LogP contribution is 2.31. The van der Waals surface area contributed by atoms with Crippen LogP contribution in [0.4, 0.5) is 15.2 Å². The standard InChI is InChI=1S/C19H19FN4O2S2/c1-26-16-5-3-2-4-15(16)22-18-23-24-19(28-18)27-12-17(25)21-11-10-13-6-8-14(20)9-7-13/h2-9H,10-12H2,1H3,(H,21,25)(H,22,23). The maximum Gasteiger partial charge on any atom is 0.230 e. The van der Waals surface area contributed by atoms with Gasteiger partial charge in [0.25, 0.3) is 0 Å². The van der Waals surface area contributed by atoms with Gasteiger partial charge in [0, 0.05) is 6.54 Å². The SMILES string of the molecule is COc1ccccc1Nc1nnc(SCC(=O)NCCc2ccc(F)cc2)s1. The van der Waals surface area contributed by atoms with Crippen molar-refractivity contribution in [2.75, 3.05) is 24.7 Å². The van der Waals surface area contributed by atoms with Crippen LogP contribution in [0, 0.1) is 5.82 Å². The van der Waals surface area contributed by atoms with Crippen molar-refractivity contribution in [1.29, 1.82) is 0 Å². The Morgan fingerprint density at radius 2 is 1.96 bits per heavy atom. The first-order valence-electron chi connectivity index (χ1n) is 8.51. The first kappa shape index (κ1) is 20.1. The second-order valence-electron chi connectivity index (χ2n) is 5.71. The highest BCUT2D eigenvalue weighted by atomic mass is 32.2. The number of para-hydroxylation sites is 2. The molecule has 9 heteroatoms. The Bertz CT molecular complexity index is 918. The van der Waals surface area contributed by atoms with Gasteiger partial charge in [0.1, 0.15) is 11.6 Å². The zero-order chi connectivity index (χ0) is 19.8. The van der Waals surface area contributed by atoms with Gasteiger partial charge in [0.05, 0.1) is 18.6 Å². The Balaban J connectivity index is 1.42. The zero-order valence-electron chi connectivity index (χ0n) is 15.1.